The van der Waals surface area contributed by atoms with Gasteiger partial charge in [-0.1, -0.05) is 26.3 Å². The van der Waals surface area contributed by atoms with Gasteiger partial charge in [-0.25, -0.2) is 4.39 Å². The number of benzene rings is 1. The molecule has 1 aliphatic rings. The lowest BCUT2D eigenvalue weighted by Gasteiger charge is -2.32. The molecule has 1 aromatic carbocycles. The molecule has 3 heteroatoms. The number of nitrogens with one attached hydrogen (secondary N) is 1. The van der Waals surface area contributed by atoms with Crippen molar-refractivity contribution in [1.82, 2.24) is 5.32 Å². The van der Waals surface area contributed by atoms with Crippen LogP contribution >= 0.6 is 0 Å². The monoisotopic (exact) mass is 292 g/mol. The molecule has 0 unspecified atom stereocenters. The van der Waals surface area contributed by atoms with Crippen LogP contribution in [-0.4, -0.2) is 19.6 Å². The van der Waals surface area contributed by atoms with Gasteiger partial charge in [0.2, 0.25) is 0 Å². The van der Waals surface area contributed by atoms with Gasteiger partial charge in [-0.15, -0.1) is 0 Å². The Balaban J connectivity index is 2.00. The van der Waals surface area contributed by atoms with E-state index in [1.54, 1.807) is 6.07 Å². The van der Waals surface area contributed by atoms with E-state index in [9.17, 15) is 4.39 Å². The Bertz CT molecular complexity index is 439. The Morgan fingerprint density at radius 2 is 2.05 bits per heavy atom. The van der Waals surface area contributed by atoms with E-state index in [1.165, 1.54) is 6.42 Å². The summed E-state index contributed by atoms with van der Waals surface area (Å²) >= 11 is 0. The molecule has 1 aliphatic heterocycles. The molecule has 118 valence electrons. The Morgan fingerprint density at radius 1 is 1.33 bits per heavy atom. The molecule has 21 heavy (non-hydrogen) atoms. The summed E-state index contributed by atoms with van der Waals surface area (Å²) in [5.74, 6) is 0.692. The first-order valence-electron chi connectivity index (χ1n) is 8.39. The van der Waals surface area contributed by atoms with Gasteiger partial charge < -0.3 is 10.2 Å². The molecule has 0 bridgehead atoms. The second-order valence-corrected chi connectivity index (χ2v) is 6.41. The van der Waals surface area contributed by atoms with Crippen molar-refractivity contribution in [2.75, 3.05) is 24.5 Å². The molecule has 2 rings (SSSR count). The average Bonchev–Trinajstić information content (AvgIpc) is 2.48. The third-order valence-electron chi connectivity index (χ3n) is 4.58. The summed E-state index contributed by atoms with van der Waals surface area (Å²) in [5.41, 5.74) is 1.81. The number of nitrogens with zero attached hydrogens (tertiary/aromatic N) is 1. The molecular weight excluding hydrogens is 263 g/mol. The number of piperidine rings is 1. The molecular formula is C18H29FN2. The van der Waals surface area contributed by atoms with Gasteiger partial charge >= 0.3 is 0 Å². The van der Waals surface area contributed by atoms with E-state index >= 15 is 0 Å². The first kappa shape index (κ1) is 16.3. The predicted octanol–water partition coefficient (Wildman–Crippen LogP) is 4.51. The quantitative estimate of drug-likeness (QED) is 0.776. The zero-order chi connectivity index (χ0) is 15.2. The normalized spacial score (nSPS) is 18.0. The molecule has 0 spiro atoms. The van der Waals surface area contributed by atoms with Crippen LogP contribution in [0, 0.1) is 11.7 Å². The van der Waals surface area contributed by atoms with E-state index < -0.39 is 0 Å². The average molecular weight is 292 g/mol. The van der Waals surface area contributed by atoms with Gasteiger partial charge in [0.25, 0.3) is 0 Å². The SMILES string of the molecule is CCCCN[C@H](C)c1ccc(N2CCC(C)CC2)c(F)c1. The number of hydrogen-bond acceptors (Lipinski definition) is 2. The summed E-state index contributed by atoms with van der Waals surface area (Å²) in [6.07, 6.45) is 4.67. The predicted molar refractivity (Wildman–Crippen MR) is 88.3 cm³/mol. The highest BCUT2D eigenvalue weighted by Crippen LogP contribution is 2.27. The lowest BCUT2D eigenvalue weighted by Crippen LogP contribution is -2.33. The van der Waals surface area contributed by atoms with Crippen LogP contribution in [0.25, 0.3) is 0 Å². The molecule has 1 saturated heterocycles. The molecule has 1 atom stereocenters. The fourth-order valence-corrected chi connectivity index (χ4v) is 2.91. The van der Waals surface area contributed by atoms with Crippen LogP contribution < -0.4 is 10.2 Å². The van der Waals surface area contributed by atoms with E-state index in [0.717, 1.165) is 56.1 Å². The maximum absolute atomic E-state index is 14.4. The maximum Gasteiger partial charge on any atom is 0.146 e. The molecule has 0 radical (unpaired) electrons. The summed E-state index contributed by atoms with van der Waals surface area (Å²) in [6.45, 7) is 9.50. The molecule has 1 heterocycles. The van der Waals surface area contributed by atoms with Crippen molar-refractivity contribution in [1.29, 1.82) is 0 Å². The molecule has 0 aliphatic carbocycles. The molecule has 2 nitrogen and oxygen atoms in total. The molecule has 0 saturated carbocycles. The summed E-state index contributed by atoms with van der Waals surface area (Å²) < 4.78 is 14.4. The van der Waals surface area contributed by atoms with Crippen LogP contribution in [0.1, 0.15) is 58.1 Å². The van der Waals surface area contributed by atoms with Gasteiger partial charge in [0.15, 0.2) is 0 Å². The summed E-state index contributed by atoms with van der Waals surface area (Å²) in [7, 11) is 0. The molecule has 1 aromatic rings. The Hall–Kier alpha value is -1.09. The Kier molecular flexibility index (Phi) is 6.04. The number of anilines is 1. The van der Waals surface area contributed by atoms with E-state index in [4.69, 9.17) is 0 Å². The highest BCUT2D eigenvalue weighted by Gasteiger charge is 2.19. The van der Waals surface area contributed by atoms with Crippen molar-refractivity contribution in [3.8, 4) is 0 Å². The minimum atomic E-state index is -0.0776. The highest BCUT2D eigenvalue weighted by atomic mass is 19.1. The zero-order valence-corrected chi connectivity index (χ0v) is 13.7. The molecule has 1 N–H and O–H groups in total. The van der Waals surface area contributed by atoms with E-state index in [2.05, 4.69) is 37.1 Å². The minimum absolute atomic E-state index is 0.0776. The van der Waals surface area contributed by atoms with Crippen LogP contribution in [0.2, 0.25) is 0 Å². The largest absolute Gasteiger partial charge is 0.369 e. The first-order valence-corrected chi connectivity index (χ1v) is 8.39. The van der Waals surface area contributed by atoms with Crippen molar-refractivity contribution in [2.45, 2.75) is 52.5 Å². The van der Waals surface area contributed by atoms with Crippen molar-refractivity contribution in [2.24, 2.45) is 5.92 Å². The van der Waals surface area contributed by atoms with E-state index in [0.29, 0.717) is 0 Å². The van der Waals surface area contributed by atoms with E-state index in [1.807, 2.05) is 6.07 Å². The van der Waals surface area contributed by atoms with Crippen LogP contribution in [0.3, 0.4) is 0 Å². The van der Waals surface area contributed by atoms with E-state index in [-0.39, 0.29) is 11.9 Å². The van der Waals surface area contributed by atoms with Gasteiger partial charge in [0.1, 0.15) is 5.82 Å². The first-order chi connectivity index (χ1) is 10.1. The molecule has 0 amide bonds. The summed E-state index contributed by atoms with van der Waals surface area (Å²) in [4.78, 5) is 2.19. The second kappa shape index (κ2) is 7.79. The fourth-order valence-electron chi connectivity index (χ4n) is 2.91. The van der Waals surface area contributed by atoms with Crippen LogP contribution in [0.15, 0.2) is 18.2 Å². The standard InChI is InChI=1S/C18H29FN2/c1-4-5-10-20-15(3)16-6-7-18(17(19)13-16)21-11-8-14(2)9-12-21/h6-7,13-15,20H,4-5,8-12H2,1-3H3/t15-/m1/s1. The summed E-state index contributed by atoms with van der Waals surface area (Å²) in [5, 5.41) is 3.45. The van der Waals surface area contributed by atoms with Crippen molar-refractivity contribution in [3.05, 3.63) is 29.6 Å². The zero-order valence-electron chi connectivity index (χ0n) is 13.7. The van der Waals surface area contributed by atoms with Gasteiger partial charge in [-0.05, 0) is 56.3 Å². The van der Waals surface area contributed by atoms with Gasteiger partial charge in [-0.2, -0.15) is 0 Å². The number of unbranched alkanes of at least 4 members (excludes halogenated alkanes) is 1. The minimum Gasteiger partial charge on any atom is -0.369 e. The van der Waals surface area contributed by atoms with Crippen molar-refractivity contribution in [3.63, 3.8) is 0 Å². The number of rotatable bonds is 6. The molecule has 1 fully saturated rings. The van der Waals surface area contributed by atoms with Gasteiger partial charge in [0.05, 0.1) is 5.69 Å². The third-order valence-corrected chi connectivity index (χ3v) is 4.58. The number of halogens is 1. The fraction of sp³-hybridized carbons (Fsp3) is 0.667. The Morgan fingerprint density at radius 3 is 2.67 bits per heavy atom. The lowest BCUT2D eigenvalue weighted by molar-refractivity contribution is 0.434. The highest BCUT2D eigenvalue weighted by molar-refractivity contribution is 5.50. The maximum atomic E-state index is 14.4. The smallest absolute Gasteiger partial charge is 0.146 e. The number of hydrogen-bond donors (Lipinski definition) is 1. The Labute approximate surface area is 128 Å². The van der Waals surface area contributed by atoms with Crippen LogP contribution in [-0.2, 0) is 0 Å². The van der Waals surface area contributed by atoms with Crippen LogP contribution in [0.4, 0.5) is 10.1 Å². The lowest BCUT2D eigenvalue weighted by atomic mass is 9.98. The third kappa shape index (κ3) is 4.44. The van der Waals surface area contributed by atoms with Crippen molar-refractivity contribution < 1.29 is 4.39 Å². The topological polar surface area (TPSA) is 15.3 Å². The summed E-state index contributed by atoms with van der Waals surface area (Å²) in [6, 6.07) is 5.94. The molecule has 0 aromatic heterocycles. The van der Waals surface area contributed by atoms with Crippen molar-refractivity contribution >= 4 is 5.69 Å². The second-order valence-electron chi connectivity index (χ2n) is 6.41. The van der Waals surface area contributed by atoms with Crippen LogP contribution in [0.5, 0.6) is 0 Å². The van der Waals surface area contributed by atoms with Gasteiger partial charge in [-0.3, -0.25) is 0 Å². The van der Waals surface area contributed by atoms with Gasteiger partial charge in [0, 0.05) is 19.1 Å².